The Morgan fingerprint density at radius 2 is 1.85 bits per heavy atom. The number of aromatic nitrogens is 2. The number of nitrogens with one attached hydrogen (secondary N) is 1. The van der Waals surface area contributed by atoms with Crippen LogP contribution in [-0.4, -0.2) is 27.2 Å². The van der Waals surface area contributed by atoms with Crippen LogP contribution in [0.25, 0.3) is 0 Å². The highest BCUT2D eigenvalue weighted by Crippen LogP contribution is 2.28. The molecule has 5 heteroatoms. The Kier molecular flexibility index (Phi) is 4.81. The molecule has 1 aliphatic carbocycles. The molecule has 1 saturated carbocycles. The molecule has 0 atom stereocenters. The van der Waals surface area contributed by atoms with Crippen molar-refractivity contribution in [2.45, 2.75) is 64.4 Å². The summed E-state index contributed by atoms with van der Waals surface area (Å²) in [5, 5.41) is 13.9. The first-order valence-electron chi connectivity index (χ1n) is 7.63. The van der Waals surface area contributed by atoms with Crippen molar-refractivity contribution >= 4 is 11.6 Å². The summed E-state index contributed by atoms with van der Waals surface area (Å²) in [6.45, 7) is 4.45. The highest BCUT2D eigenvalue weighted by Gasteiger charge is 2.28. The molecule has 0 bridgehead atoms. The molecule has 5 nitrogen and oxygen atoms in total. The lowest BCUT2D eigenvalue weighted by Crippen LogP contribution is -2.36. The fourth-order valence-corrected chi connectivity index (χ4v) is 2.72. The van der Waals surface area contributed by atoms with Gasteiger partial charge in [0.1, 0.15) is 17.5 Å². The molecule has 0 saturated heterocycles. The third-order valence-electron chi connectivity index (χ3n) is 4.17. The largest absolute Gasteiger partial charge is 0.388 e. The van der Waals surface area contributed by atoms with Gasteiger partial charge >= 0.3 is 0 Å². The first-order valence-corrected chi connectivity index (χ1v) is 7.63. The molecule has 112 valence electrons. The van der Waals surface area contributed by atoms with Gasteiger partial charge in [0.25, 0.3) is 0 Å². The zero-order chi connectivity index (χ0) is 14.6. The molecule has 1 aromatic rings. The van der Waals surface area contributed by atoms with Gasteiger partial charge in [0.05, 0.1) is 5.60 Å². The third kappa shape index (κ3) is 3.60. The van der Waals surface area contributed by atoms with Crippen LogP contribution in [0, 0.1) is 6.92 Å². The molecular weight excluding hydrogens is 252 g/mol. The van der Waals surface area contributed by atoms with Gasteiger partial charge in [-0.3, -0.25) is 0 Å². The van der Waals surface area contributed by atoms with Crippen LogP contribution < -0.4 is 11.1 Å². The molecule has 0 unspecified atom stereocenters. The average molecular weight is 278 g/mol. The summed E-state index contributed by atoms with van der Waals surface area (Å²) in [6, 6.07) is 0. The molecule has 0 amide bonds. The number of nitrogens with zero attached hydrogens (tertiary/aromatic N) is 2. The second-order valence-corrected chi connectivity index (χ2v) is 5.84. The molecule has 1 fully saturated rings. The number of rotatable bonds is 4. The number of nitrogen functional groups attached to an aromatic ring is 1. The van der Waals surface area contributed by atoms with Gasteiger partial charge in [0.15, 0.2) is 0 Å². The van der Waals surface area contributed by atoms with Crippen LogP contribution in [0.2, 0.25) is 0 Å². The average Bonchev–Trinajstić information content (AvgIpc) is 2.65. The fraction of sp³-hybridized carbons (Fsp3) is 0.733. The van der Waals surface area contributed by atoms with E-state index in [2.05, 4.69) is 15.3 Å². The van der Waals surface area contributed by atoms with Crippen LogP contribution >= 0.6 is 0 Å². The predicted octanol–water partition coefficient (Wildman–Crippen LogP) is 2.43. The Hall–Kier alpha value is -1.36. The predicted molar refractivity (Wildman–Crippen MR) is 81.7 cm³/mol. The lowest BCUT2D eigenvalue weighted by atomic mass is 9.94. The van der Waals surface area contributed by atoms with Crippen LogP contribution in [0.5, 0.6) is 0 Å². The van der Waals surface area contributed by atoms with Crippen molar-refractivity contribution in [3.05, 3.63) is 11.4 Å². The molecule has 2 rings (SSSR count). The molecular formula is C15H26N4O. The number of hydrogen-bond donors (Lipinski definition) is 3. The summed E-state index contributed by atoms with van der Waals surface area (Å²) in [5.41, 5.74) is 6.15. The Morgan fingerprint density at radius 1 is 1.20 bits per heavy atom. The minimum atomic E-state index is -0.616. The van der Waals surface area contributed by atoms with E-state index in [0.717, 1.165) is 49.3 Å². The van der Waals surface area contributed by atoms with E-state index < -0.39 is 5.60 Å². The summed E-state index contributed by atoms with van der Waals surface area (Å²) in [5.74, 6) is 2.02. The topological polar surface area (TPSA) is 84.1 Å². The van der Waals surface area contributed by atoms with Crippen LogP contribution in [0.15, 0.2) is 0 Å². The Balaban J connectivity index is 2.07. The van der Waals surface area contributed by atoms with Gasteiger partial charge in [-0.2, -0.15) is 0 Å². The van der Waals surface area contributed by atoms with E-state index in [-0.39, 0.29) is 0 Å². The van der Waals surface area contributed by atoms with Crippen LogP contribution in [0.3, 0.4) is 0 Å². The summed E-state index contributed by atoms with van der Waals surface area (Å²) < 4.78 is 0. The summed E-state index contributed by atoms with van der Waals surface area (Å²) in [6.07, 6.45) is 7.13. The van der Waals surface area contributed by atoms with E-state index in [1.54, 1.807) is 0 Å². The van der Waals surface area contributed by atoms with Crippen molar-refractivity contribution in [2.24, 2.45) is 0 Å². The Bertz CT molecular complexity index is 453. The van der Waals surface area contributed by atoms with E-state index in [4.69, 9.17) is 5.73 Å². The summed E-state index contributed by atoms with van der Waals surface area (Å²) >= 11 is 0. The van der Waals surface area contributed by atoms with Gasteiger partial charge in [-0.25, -0.2) is 9.97 Å². The molecule has 0 spiro atoms. The first kappa shape index (κ1) is 15.0. The SMILES string of the molecule is CCc1nc(N)c(C)c(NCC2(O)CCCCCC2)n1. The second kappa shape index (κ2) is 6.39. The molecule has 20 heavy (non-hydrogen) atoms. The quantitative estimate of drug-likeness (QED) is 0.737. The minimum Gasteiger partial charge on any atom is -0.388 e. The molecule has 1 aliphatic rings. The first-order chi connectivity index (χ1) is 9.54. The molecule has 0 aromatic carbocycles. The van der Waals surface area contributed by atoms with Gasteiger partial charge in [-0.15, -0.1) is 0 Å². The standard InChI is InChI=1S/C15H26N4O/c1-3-12-18-13(16)11(2)14(19-12)17-10-15(20)8-6-4-5-7-9-15/h20H,3-10H2,1-2H3,(H3,16,17,18,19). The molecule has 1 heterocycles. The number of nitrogens with two attached hydrogens (primary N) is 1. The van der Waals surface area contributed by atoms with Gasteiger partial charge in [-0.1, -0.05) is 32.6 Å². The van der Waals surface area contributed by atoms with Crippen LogP contribution in [-0.2, 0) is 6.42 Å². The van der Waals surface area contributed by atoms with E-state index >= 15 is 0 Å². The number of anilines is 2. The van der Waals surface area contributed by atoms with Crippen molar-refractivity contribution in [3.8, 4) is 0 Å². The lowest BCUT2D eigenvalue weighted by Gasteiger charge is -2.27. The van der Waals surface area contributed by atoms with Crippen molar-refractivity contribution < 1.29 is 5.11 Å². The van der Waals surface area contributed by atoms with Gasteiger partial charge in [0.2, 0.25) is 0 Å². The zero-order valence-corrected chi connectivity index (χ0v) is 12.6. The molecule has 4 N–H and O–H groups in total. The Morgan fingerprint density at radius 3 is 2.45 bits per heavy atom. The van der Waals surface area contributed by atoms with E-state index in [1.165, 1.54) is 12.8 Å². The van der Waals surface area contributed by atoms with Gasteiger partial charge < -0.3 is 16.2 Å². The van der Waals surface area contributed by atoms with Crippen molar-refractivity contribution in [1.29, 1.82) is 0 Å². The highest BCUT2D eigenvalue weighted by molar-refractivity contribution is 5.54. The van der Waals surface area contributed by atoms with Crippen LogP contribution in [0.4, 0.5) is 11.6 Å². The van der Waals surface area contributed by atoms with Gasteiger partial charge in [-0.05, 0) is 19.8 Å². The molecule has 0 aliphatic heterocycles. The zero-order valence-electron chi connectivity index (χ0n) is 12.6. The van der Waals surface area contributed by atoms with Crippen molar-refractivity contribution in [1.82, 2.24) is 9.97 Å². The minimum absolute atomic E-state index is 0.521. The van der Waals surface area contributed by atoms with Crippen molar-refractivity contribution in [2.75, 3.05) is 17.6 Å². The smallest absolute Gasteiger partial charge is 0.134 e. The molecule has 1 aromatic heterocycles. The van der Waals surface area contributed by atoms with Crippen molar-refractivity contribution in [3.63, 3.8) is 0 Å². The van der Waals surface area contributed by atoms with E-state index in [1.807, 2.05) is 13.8 Å². The van der Waals surface area contributed by atoms with E-state index in [9.17, 15) is 5.11 Å². The molecule has 0 radical (unpaired) electrons. The maximum atomic E-state index is 10.7. The monoisotopic (exact) mass is 278 g/mol. The number of aliphatic hydroxyl groups is 1. The number of hydrogen-bond acceptors (Lipinski definition) is 5. The number of aryl methyl sites for hydroxylation is 1. The summed E-state index contributed by atoms with van der Waals surface area (Å²) in [7, 11) is 0. The highest BCUT2D eigenvalue weighted by atomic mass is 16.3. The maximum absolute atomic E-state index is 10.7. The van der Waals surface area contributed by atoms with Gasteiger partial charge in [0, 0.05) is 18.5 Å². The Labute approximate surface area is 121 Å². The third-order valence-corrected chi connectivity index (χ3v) is 4.17. The second-order valence-electron chi connectivity index (χ2n) is 5.84. The fourth-order valence-electron chi connectivity index (χ4n) is 2.72. The van der Waals surface area contributed by atoms with Crippen LogP contribution in [0.1, 0.15) is 56.8 Å². The maximum Gasteiger partial charge on any atom is 0.134 e. The van der Waals surface area contributed by atoms with E-state index in [0.29, 0.717) is 12.4 Å². The normalized spacial score (nSPS) is 18.6. The summed E-state index contributed by atoms with van der Waals surface area (Å²) in [4.78, 5) is 8.72. The lowest BCUT2D eigenvalue weighted by molar-refractivity contribution is 0.0380.